The first kappa shape index (κ1) is 25.3. The van der Waals surface area contributed by atoms with Gasteiger partial charge in [0.1, 0.15) is 0 Å². The highest BCUT2D eigenvalue weighted by atomic mass is 32.2. The predicted octanol–water partition coefficient (Wildman–Crippen LogP) is 2.86. The summed E-state index contributed by atoms with van der Waals surface area (Å²) < 4.78 is 30.8. The summed E-state index contributed by atoms with van der Waals surface area (Å²) in [4.78, 5) is 20.5. The molecule has 6 rings (SSSR count). The molecule has 2 atom stereocenters. The SMILES string of the molecule is Cc1ccc([C@@H]2C[C@H]2NCCCc2cn(-c3ccc(S(C)(=O)=O)cc3)c(=O)c(N3CC4(COC4)C3)n2)cc1. The van der Waals surface area contributed by atoms with Crippen LogP contribution < -0.4 is 15.8 Å². The Morgan fingerprint density at radius 1 is 1.08 bits per heavy atom. The molecule has 38 heavy (non-hydrogen) atoms. The number of hydrogen-bond donors (Lipinski definition) is 1. The van der Waals surface area contributed by atoms with E-state index < -0.39 is 9.84 Å². The lowest BCUT2D eigenvalue weighted by Gasteiger charge is -2.55. The van der Waals surface area contributed by atoms with Crippen molar-refractivity contribution in [2.24, 2.45) is 5.41 Å². The van der Waals surface area contributed by atoms with Crippen LogP contribution in [0.25, 0.3) is 5.69 Å². The highest BCUT2D eigenvalue weighted by Gasteiger charge is 2.50. The Hall–Kier alpha value is -3.01. The quantitative estimate of drug-likeness (QED) is 0.422. The normalized spacial score (nSPS) is 21.7. The first-order valence-corrected chi connectivity index (χ1v) is 15.2. The smallest absolute Gasteiger partial charge is 0.298 e. The molecule has 9 heteroatoms. The van der Waals surface area contributed by atoms with Crippen molar-refractivity contribution in [2.75, 3.05) is 44.0 Å². The molecule has 1 aliphatic carbocycles. The fourth-order valence-corrected chi connectivity index (χ4v) is 6.18. The van der Waals surface area contributed by atoms with E-state index in [4.69, 9.17) is 9.72 Å². The van der Waals surface area contributed by atoms with Gasteiger partial charge < -0.3 is 15.0 Å². The molecule has 0 amide bonds. The molecule has 0 radical (unpaired) electrons. The molecule has 1 spiro atoms. The summed E-state index contributed by atoms with van der Waals surface area (Å²) in [7, 11) is -3.31. The van der Waals surface area contributed by atoms with Gasteiger partial charge in [-0.2, -0.15) is 0 Å². The molecule has 200 valence electrons. The van der Waals surface area contributed by atoms with Crippen molar-refractivity contribution in [1.29, 1.82) is 0 Å². The Labute approximate surface area is 223 Å². The molecule has 8 nitrogen and oxygen atoms in total. The predicted molar refractivity (Wildman–Crippen MR) is 147 cm³/mol. The van der Waals surface area contributed by atoms with Crippen LogP contribution in [0.2, 0.25) is 0 Å². The van der Waals surface area contributed by atoms with E-state index in [0.717, 1.165) is 51.4 Å². The highest BCUT2D eigenvalue weighted by Crippen LogP contribution is 2.41. The summed E-state index contributed by atoms with van der Waals surface area (Å²) in [5.41, 5.74) is 4.14. The molecule has 0 unspecified atom stereocenters. The maximum Gasteiger partial charge on any atom is 0.298 e. The molecule has 2 aromatic carbocycles. The van der Waals surface area contributed by atoms with Crippen LogP contribution in [0, 0.1) is 12.3 Å². The minimum Gasteiger partial charge on any atom is -0.380 e. The second-order valence-electron chi connectivity index (χ2n) is 11.3. The zero-order valence-electron chi connectivity index (χ0n) is 21.9. The van der Waals surface area contributed by atoms with Crippen molar-refractivity contribution >= 4 is 15.7 Å². The average molecular weight is 535 g/mol. The van der Waals surface area contributed by atoms with Gasteiger partial charge in [0.15, 0.2) is 15.7 Å². The zero-order valence-corrected chi connectivity index (χ0v) is 22.7. The number of aromatic nitrogens is 2. The van der Waals surface area contributed by atoms with Gasteiger partial charge in [0.25, 0.3) is 5.56 Å². The first-order valence-electron chi connectivity index (χ1n) is 13.3. The number of rotatable bonds is 9. The molecular formula is C29H34N4O4S. The second kappa shape index (κ2) is 9.63. The Morgan fingerprint density at radius 3 is 2.42 bits per heavy atom. The number of benzene rings is 2. The number of anilines is 1. The topological polar surface area (TPSA) is 93.5 Å². The molecule has 2 saturated heterocycles. The van der Waals surface area contributed by atoms with Gasteiger partial charge in [0.2, 0.25) is 0 Å². The zero-order chi connectivity index (χ0) is 26.5. The van der Waals surface area contributed by atoms with E-state index in [2.05, 4.69) is 36.5 Å². The number of hydrogen-bond acceptors (Lipinski definition) is 7. The molecule has 3 aromatic rings. The third kappa shape index (κ3) is 5.02. The molecule has 3 fully saturated rings. The van der Waals surface area contributed by atoms with Gasteiger partial charge in [0.05, 0.1) is 29.2 Å². The Morgan fingerprint density at radius 2 is 1.79 bits per heavy atom. The van der Waals surface area contributed by atoms with Crippen molar-refractivity contribution in [3.8, 4) is 5.69 Å². The van der Waals surface area contributed by atoms with Crippen LogP contribution in [0.4, 0.5) is 5.82 Å². The highest BCUT2D eigenvalue weighted by molar-refractivity contribution is 7.90. The number of ether oxygens (including phenoxy) is 1. The molecule has 3 heterocycles. The summed E-state index contributed by atoms with van der Waals surface area (Å²) in [6.45, 7) is 6.02. The maximum absolute atomic E-state index is 13.5. The Kier molecular flexibility index (Phi) is 6.40. The van der Waals surface area contributed by atoms with Gasteiger partial charge in [-0.25, -0.2) is 13.4 Å². The second-order valence-corrected chi connectivity index (χ2v) is 13.3. The first-order chi connectivity index (χ1) is 18.2. The standard InChI is InChI=1S/C29H34N4O4S/c1-20-5-7-21(8-6-20)25-14-26(25)30-13-3-4-22-15-33(23-9-11-24(12-10-23)38(2,35)36)28(34)27(31-22)32-16-29(17-32)18-37-19-29/h5-12,15,25-26,30H,3-4,13-14,16-19H2,1-2H3/t25-,26+/m0/s1. The summed E-state index contributed by atoms with van der Waals surface area (Å²) >= 11 is 0. The minimum absolute atomic E-state index is 0.161. The number of aryl methyl sites for hydroxylation is 2. The molecule has 1 N–H and O–H groups in total. The van der Waals surface area contributed by atoms with Gasteiger partial charge in [-0.05, 0) is 62.6 Å². The molecule has 0 bridgehead atoms. The van der Waals surface area contributed by atoms with Crippen LogP contribution in [0.5, 0.6) is 0 Å². The third-order valence-corrected chi connectivity index (χ3v) is 9.09. The third-order valence-electron chi connectivity index (χ3n) is 7.96. The average Bonchev–Trinajstić information content (AvgIpc) is 3.61. The van der Waals surface area contributed by atoms with E-state index in [0.29, 0.717) is 23.5 Å². The van der Waals surface area contributed by atoms with E-state index in [9.17, 15) is 13.2 Å². The van der Waals surface area contributed by atoms with Crippen molar-refractivity contribution < 1.29 is 13.2 Å². The molecule has 1 aromatic heterocycles. The van der Waals surface area contributed by atoms with Crippen LogP contribution in [-0.4, -0.2) is 63.1 Å². The van der Waals surface area contributed by atoms with Crippen molar-refractivity contribution in [3.63, 3.8) is 0 Å². The largest absolute Gasteiger partial charge is 0.380 e. The van der Waals surface area contributed by atoms with E-state index in [1.807, 2.05) is 4.90 Å². The summed E-state index contributed by atoms with van der Waals surface area (Å²) in [6, 6.07) is 15.8. The van der Waals surface area contributed by atoms with Gasteiger partial charge in [-0.1, -0.05) is 29.8 Å². The van der Waals surface area contributed by atoms with E-state index in [1.54, 1.807) is 35.0 Å². The van der Waals surface area contributed by atoms with Crippen LogP contribution in [0.1, 0.15) is 35.6 Å². The Balaban J connectivity index is 1.16. The number of nitrogens with zero attached hydrogens (tertiary/aromatic N) is 3. The minimum atomic E-state index is -3.31. The van der Waals surface area contributed by atoms with Gasteiger partial charge >= 0.3 is 0 Å². The van der Waals surface area contributed by atoms with Gasteiger partial charge in [0, 0.05) is 43.2 Å². The number of sulfone groups is 1. The monoisotopic (exact) mass is 534 g/mol. The van der Waals surface area contributed by atoms with Crippen LogP contribution in [0.3, 0.4) is 0 Å². The van der Waals surface area contributed by atoms with Crippen molar-refractivity contribution in [2.45, 2.75) is 43.0 Å². The lowest BCUT2D eigenvalue weighted by Crippen LogP contribution is -2.67. The van der Waals surface area contributed by atoms with E-state index >= 15 is 0 Å². The number of nitrogens with one attached hydrogen (secondary N) is 1. The van der Waals surface area contributed by atoms with Crippen molar-refractivity contribution in [3.05, 3.63) is 81.9 Å². The lowest BCUT2D eigenvalue weighted by molar-refractivity contribution is -0.127. The molecule has 2 aliphatic heterocycles. The summed E-state index contributed by atoms with van der Waals surface area (Å²) in [5.74, 6) is 1.05. The van der Waals surface area contributed by atoms with Crippen LogP contribution in [-0.2, 0) is 21.0 Å². The van der Waals surface area contributed by atoms with Crippen LogP contribution >= 0.6 is 0 Å². The van der Waals surface area contributed by atoms with E-state index in [-0.39, 0.29) is 15.9 Å². The van der Waals surface area contributed by atoms with Crippen LogP contribution in [0.15, 0.2) is 64.4 Å². The Bertz CT molecular complexity index is 1490. The van der Waals surface area contributed by atoms with E-state index in [1.165, 1.54) is 23.8 Å². The molecule has 3 aliphatic rings. The molecular weight excluding hydrogens is 500 g/mol. The van der Waals surface area contributed by atoms with Crippen molar-refractivity contribution in [1.82, 2.24) is 14.9 Å². The summed E-state index contributed by atoms with van der Waals surface area (Å²) in [5, 5.41) is 3.68. The molecule has 1 saturated carbocycles. The summed E-state index contributed by atoms with van der Waals surface area (Å²) in [6.07, 6.45) is 5.80. The maximum atomic E-state index is 13.5. The fourth-order valence-electron chi connectivity index (χ4n) is 5.55. The van der Waals surface area contributed by atoms with Gasteiger partial charge in [-0.3, -0.25) is 9.36 Å². The van der Waals surface area contributed by atoms with Gasteiger partial charge in [-0.15, -0.1) is 0 Å². The lowest BCUT2D eigenvalue weighted by atomic mass is 9.78. The fraction of sp³-hybridized carbons (Fsp3) is 0.448.